The fourth-order valence-electron chi connectivity index (χ4n) is 1.51. The van der Waals surface area contributed by atoms with Gasteiger partial charge in [-0.1, -0.05) is 36.4 Å². The molecule has 1 atom stereocenters. The monoisotopic (exact) mass is 223 g/mol. The molecule has 0 N–H and O–H groups in total. The van der Waals surface area contributed by atoms with E-state index in [1.54, 1.807) is 18.2 Å². The largest absolute Gasteiger partial charge is 0.231 e. The predicted molar refractivity (Wildman–Crippen MR) is 59.8 cm³/mol. The normalized spacial score (nSPS) is 14.8. The van der Waals surface area contributed by atoms with Gasteiger partial charge in [-0.2, -0.15) is 0 Å². The topological polar surface area (TPSA) is 29.4 Å². The van der Waals surface area contributed by atoms with Crippen molar-refractivity contribution in [2.45, 2.75) is 4.90 Å². The maximum Gasteiger partial charge on any atom is 0.231 e. The third-order valence-corrected chi connectivity index (χ3v) is 3.62. The summed E-state index contributed by atoms with van der Waals surface area (Å²) in [6.07, 6.45) is 0. The second kappa shape index (κ2) is 3.62. The highest BCUT2D eigenvalue weighted by Gasteiger charge is 2.12. The lowest BCUT2D eigenvalue weighted by Gasteiger charge is -2.04. The zero-order valence-corrected chi connectivity index (χ0v) is 9.00. The van der Waals surface area contributed by atoms with Gasteiger partial charge in [-0.15, -0.1) is 3.89 Å². The summed E-state index contributed by atoms with van der Waals surface area (Å²) in [5.74, 6) is 0. The Kier molecular flexibility index (Phi) is 2.44. The van der Waals surface area contributed by atoms with Crippen LogP contribution in [0.3, 0.4) is 0 Å². The first-order valence-corrected chi connectivity index (χ1v) is 5.89. The SMILES string of the molecule is CN=S(=O)(F)c1cccc2ccccc12. The summed E-state index contributed by atoms with van der Waals surface area (Å²) < 4.78 is 28.5. The van der Waals surface area contributed by atoms with E-state index in [-0.39, 0.29) is 4.90 Å². The standard InChI is InChI=1S/C11H10FNOS/c1-13-15(12,14)11-8-4-6-9-5-2-3-7-10(9)11/h2-8H,1H3. The molecule has 1 unspecified atom stereocenters. The van der Waals surface area contributed by atoms with Crippen molar-refractivity contribution in [2.75, 3.05) is 7.05 Å². The van der Waals surface area contributed by atoms with Gasteiger partial charge in [-0.25, -0.2) is 8.57 Å². The van der Waals surface area contributed by atoms with E-state index in [1.807, 2.05) is 18.2 Å². The van der Waals surface area contributed by atoms with Crippen LogP contribution in [0.1, 0.15) is 0 Å². The van der Waals surface area contributed by atoms with Crippen molar-refractivity contribution in [3.63, 3.8) is 0 Å². The van der Waals surface area contributed by atoms with Crippen LogP contribution in [-0.4, -0.2) is 11.3 Å². The summed E-state index contributed by atoms with van der Waals surface area (Å²) in [6, 6.07) is 12.3. The van der Waals surface area contributed by atoms with E-state index in [9.17, 15) is 8.09 Å². The summed E-state index contributed by atoms with van der Waals surface area (Å²) in [5, 5.41) is 1.52. The van der Waals surface area contributed by atoms with Gasteiger partial charge in [0.1, 0.15) is 0 Å². The maximum absolute atomic E-state index is 13.6. The lowest BCUT2D eigenvalue weighted by molar-refractivity contribution is 0.639. The van der Waals surface area contributed by atoms with Crippen LogP contribution in [0.15, 0.2) is 51.7 Å². The lowest BCUT2D eigenvalue weighted by Crippen LogP contribution is -1.93. The quantitative estimate of drug-likeness (QED) is 0.683. The van der Waals surface area contributed by atoms with Crippen molar-refractivity contribution in [2.24, 2.45) is 4.36 Å². The maximum atomic E-state index is 13.6. The van der Waals surface area contributed by atoms with Crippen LogP contribution in [0.25, 0.3) is 10.8 Å². The molecule has 0 radical (unpaired) electrons. The summed E-state index contributed by atoms with van der Waals surface area (Å²) >= 11 is 0. The van der Waals surface area contributed by atoms with E-state index in [0.717, 1.165) is 5.39 Å². The van der Waals surface area contributed by atoms with E-state index in [4.69, 9.17) is 0 Å². The summed E-state index contributed by atoms with van der Waals surface area (Å²) in [7, 11) is -2.52. The Morgan fingerprint density at radius 2 is 1.80 bits per heavy atom. The smallest absolute Gasteiger partial charge is 0.211 e. The first kappa shape index (κ1) is 10.1. The Morgan fingerprint density at radius 3 is 2.53 bits per heavy atom. The Balaban J connectivity index is 2.90. The Bertz CT molecular complexity index is 610. The molecule has 15 heavy (non-hydrogen) atoms. The van der Waals surface area contributed by atoms with E-state index < -0.39 is 10.1 Å². The van der Waals surface area contributed by atoms with Gasteiger partial charge in [-0.05, 0) is 11.5 Å². The van der Waals surface area contributed by atoms with Crippen LogP contribution in [-0.2, 0) is 10.1 Å². The van der Waals surface area contributed by atoms with Crippen molar-refractivity contribution in [3.8, 4) is 0 Å². The molecule has 2 rings (SSSR count). The lowest BCUT2D eigenvalue weighted by atomic mass is 10.1. The van der Waals surface area contributed by atoms with Gasteiger partial charge >= 0.3 is 0 Å². The molecule has 2 aromatic rings. The van der Waals surface area contributed by atoms with Gasteiger partial charge in [0.25, 0.3) is 0 Å². The van der Waals surface area contributed by atoms with Crippen LogP contribution < -0.4 is 0 Å². The van der Waals surface area contributed by atoms with Crippen molar-refractivity contribution >= 4 is 20.9 Å². The molecule has 0 aliphatic carbocycles. The van der Waals surface area contributed by atoms with E-state index in [1.165, 1.54) is 13.1 Å². The van der Waals surface area contributed by atoms with E-state index in [0.29, 0.717) is 5.39 Å². The molecule has 2 aromatic carbocycles. The predicted octanol–water partition coefficient (Wildman–Crippen LogP) is 3.18. The Labute approximate surface area is 88.2 Å². The summed E-state index contributed by atoms with van der Waals surface area (Å²) in [6.45, 7) is 0. The van der Waals surface area contributed by atoms with Gasteiger partial charge < -0.3 is 0 Å². The van der Waals surface area contributed by atoms with Crippen molar-refractivity contribution < 1.29 is 8.09 Å². The molecular weight excluding hydrogens is 213 g/mol. The summed E-state index contributed by atoms with van der Waals surface area (Å²) in [5.41, 5.74) is 0. The van der Waals surface area contributed by atoms with Crippen molar-refractivity contribution in [1.82, 2.24) is 0 Å². The second-order valence-electron chi connectivity index (χ2n) is 3.12. The molecule has 2 nitrogen and oxygen atoms in total. The molecule has 0 amide bonds. The van der Waals surface area contributed by atoms with Crippen LogP contribution in [0.4, 0.5) is 3.89 Å². The number of halogens is 1. The van der Waals surface area contributed by atoms with Crippen LogP contribution in [0, 0.1) is 0 Å². The fourth-order valence-corrected chi connectivity index (χ4v) is 2.41. The Morgan fingerprint density at radius 1 is 1.13 bits per heavy atom. The van der Waals surface area contributed by atoms with Gasteiger partial charge in [0.2, 0.25) is 10.1 Å². The van der Waals surface area contributed by atoms with Crippen LogP contribution in [0.5, 0.6) is 0 Å². The molecule has 0 heterocycles. The van der Waals surface area contributed by atoms with Crippen molar-refractivity contribution in [1.29, 1.82) is 0 Å². The van der Waals surface area contributed by atoms with E-state index >= 15 is 0 Å². The van der Waals surface area contributed by atoms with Gasteiger partial charge in [-0.3, -0.25) is 0 Å². The molecule has 78 valence electrons. The first-order valence-electron chi connectivity index (χ1n) is 4.48. The number of nitrogens with zero attached hydrogens (tertiary/aromatic N) is 1. The molecule has 0 spiro atoms. The zero-order valence-electron chi connectivity index (χ0n) is 8.18. The van der Waals surface area contributed by atoms with Gasteiger partial charge in [0.05, 0.1) is 4.90 Å². The molecule has 0 fully saturated rings. The van der Waals surface area contributed by atoms with Gasteiger partial charge in [0.15, 0.2) is 0 Å². The first-order chi connectivity index (χ1) is 7.15. The molecule has 0 bridgehead atoms. The molecule has 0 saturated carbocycles. The number of fused-ring (bicyclic) bond motifs is 1. The molecule has 0 aliphatic rings. The summed E-state index contributed by atoms with van der Waals surface area (Å²) in [4.78, 5) is 0.156. The fraction of sp³-hybridized carbons (Fsp3) is 0.0909. The third-order valence-electron chi connectivity index (χ3n) is 2.26. The number of rotatable bonds is 1. The average Bonchev–Trinajstić information content (AvgIpc) is 2.28. The molecule has 0 aromatic heterocycles. The van der Waals surface area contributed by atoms with Crippen molar-refractivity contribution in [3.05, 3.63) is 42.5 Å². The Hall–Kier alpha value is -1.42. The number of hydrogen-bond acceptors (Lipinski definition) is 2. The molecule has 4 heteroatoms. The highest BCUT2D eigenvalue weighted by molar-refractivity contribution is 7.88. The van der Waals surface area contributed by atoms with Gasteiger partial charge in [0, 0.05) is 12.4 Å². The third kappa shape index (κ3) is 1.72. The second-order valence-corrected chi connectivity index (χ2v) is 4.84. The average molecular weight is 223 g/mol. The number of hydrogen-bond donors (Lipinski definition) is 0. The molecular formula is C11H10FNOS. The van der Waals surface area contributed by atoms with E-state index in [2.05, 4.69) is 4.36 Å². The molecule has 0 aliphatic heterocycles. The number of benzene rings is 2. The minimum Gasteiger partial charge on any atom is -0.211 e. The van der Waals surface area contributed by atoms with Crippen LogP contribution >= 0.6 is 0 Å². The zero-order chi connectivity index (χ0) is 10.9. The molecule has 0 saturated heterocycles. The van der Waals surface area contributed by atoms with Crippen LogP contribution in [0.2, 0.25) is 0 Å². The highest BCUT2D eigenvalue weighted by Crippen LogP contribution is 2.25. The minimum atomic E-state index is -3.75. The highest BCUT2D eigenvalue weighted by atomic mass is 32.3. The minimum absolute atomic E-state index is 0.156.